The maximum Gasteiger partial charge on any atom is 0.135 e. The Morgan fingerprint density at radius 3 is 2.33 bits per heavy atom. The fraction of sp³-hybridized carbons (Fsp3) is 0.0526. The van der Waals surface area contributed by atoms with Crippen LogP contribution in [-0.4, -0.2) is 0 Å². The quantitative estimate of drug-likeness (QED) is 0.358. The summed E-state index contributed by atoms with van der Waals surface area (Å²) in [5.41, 5.74) is 5.71. The van der Waals surface area contributed by atoms with E-state index in [9.17, 15) is 0 Å². The van der Waals surface area contributed by atoms with Gasteiger partial charge in [0.15, 0.2) is 0 Å². The van der Waals surface area contributed by atoms with Crippen LogP contribution in [0, 0.1) is 10.5 Å². The van der Waals surface area contributed by atoms with Gasteiger partial charge >= 0.3 is 0 Å². The van der Waals surface area contributed by atoms with Gasteiger partial charge in [-0.1, -0.05) is 30.3 Å². The van der Waals surface area contributed by atoms with Crippen molar-refractivity contribution in [2.24, 2.45) is 0 Å². The summed E-state index contributed by atoms with van der Waals surface area (Å²) in [7, 11) is 0. The largest absolute Gasteiger partial charge is 0.456 e. The highest BCUT2D eigenvalue weighted by Crippen LogP contribution is 2.33. The first-order valence-corrected chi connectivity index (χ1v) is 7.98. The fourth-order valence-corrected chi connectivity index (χ4v) is 3.31. The van der Waals surface area contributed by atoms with Crippen LogP contribution in [0.4, 0.5) is 0 Å². The van der Waals surface area contributed by atoms with Gasteiger partial charge in [0.05, 0.1) is 0 Å². The number of furan rings is 1. The number of benzene rings is 3. The van der Waals surface area contributed by atoms with E-state index < -0.39 is 0 Å². The minimum Gasteiger partial charge on any atom is -0.456 e. The lowest BCUT2D eigenvalue weighted by atomic mass is 9.99. The minimum absolute atomic E-state index is 0.948. The fourth-order valence-electron chi connectivity index (χ4n) is 2.81. The van der Waals surface area contributed by atoms with Gasteiger partial charge < -0.3 is 4.42 Å². The van der Waals surface area contributed by atoms with Crippen molar-refractivity contribution < 1.29 is 4.42 Å². The Morgan fingerprint density at radius 1 is 0.810 bits per heavy atom. The van der Waals surface area contributed by atoms with Crippen molar-refractivity contribution in [1.82, 2.24) is 0 Å². The van der Waals surface area contributed by atoms with Crippen molar-refractivity contribution in [3.05, 3.63) is 69.8 Å². The van der Waals surface area contributed by atoms with Crippen LogP contribution in [0.5, 0.6) is 0 Å². The summed E-state index contributed by atoms with van der Waals surface area (Å²) in [6.07, 6.45) is 0. The zero-order valence-corrected chi connectivity index (χ0v) is 13.7. The number of fused-ring (bicyclic) bond motifs is 3. The van der Waals surface area contributed by atoms with Gasteiger partial charge in [0, 0.05) is 14.3 Å². The molecule has 0 spiro atoms. The summed E-state index contributed by atoms with van der Waals surface area (Å²) >= 11 is 2.34. The van der Waals surface area contributed by atoms with Gasteiger partial charge in [-0.2, -0.15) is 0 Å². The van der Waals surface area contributed by atoms with Gasteiger partial charge in [0.25, 0.3) is 0 Å². The minimum atomic E-state index is 0.948. The van der Waals surface area contributed by atoms with Crippen LogP contribution < -0.4 is 0 Å². The van der Waals surface area contributed by atoms with E-state index in [1.807, 2.05) is 6.07 Å². The number of hydrogen-bond donors (Lipinski definition) is 0. The van der Waals surface area contributed by atoms with Gasteiger partial charge in [0.1, 0.15) is 11.2 Å². The lowest BCUT2D eigenvalue weighted by Crippen LogP contribution is -1.82. The SMILES string of the molecule is Cc1ccccc1-c1ccc2oc3ccc(I)cc3c2c1. The molecule has 1 heterocycles. The van der Waals surface area contributed by atoms with Crippen molar-refractivity contribution in [1.29, 1.82) is 0 Å². The molecule has 0 saturated heterocycles. The molecule has 102 valence electrons. The Hall–Kier alpha value is -1.81. The number of hydrogen-bond acceptors (Lipinski definition) is 1. The molecule has 0 amide bonds. The Labute approximate surface area is 136 Å². The number of aryl methyl sites for hydroxylation is 1. The van der Waals surface area contributed by atoms with Crippen molar-refractivity contribution in [2.75, 3.05) is 0 Å². The molecular formula is C19H13IO. The van der Waals surface area contributed by atoms with Crippen LogP contribution in [0.1, 0.15) is 5.56 Å². The molecule has 4 rings (SSSR count). The van der Waals surface area contributed by atoms with E-state index in [1.165, 1.54) is 31.0 Å². The highest BCUT2D eigenvalue weighted by Gasteiger charge is 2.09. The zero-order chi connectivity index (χ0) is 14.4. The molecule has 0 fully saturated rings. The van der Waals surface area contributed by atoms with E-state index in [0.717, 1.165) is 11.2 Å². The van der Waals surface area contributed by atoms with Crippen LogP contribution >= 0.6 is 22.6 Å². The molecule has 0 saturated carbocycles. The molecule has 0 aliphatic carbocycles. The first-order valence-electron chi connectivity index (χ1n) is 6.90. The first-order chi connectivity index (χ1) is 10.2. The lowest BCUT2D eigenvalue weighted by molar-refractivity contribution is 0.669. The van der Waals surface area contributed by atoms with Gasteiger partial charge in [-0.15, -0.1) is 0 Å². The van der Waals surface area contributed by atoms with E-state index in [2.05, 4.69) is 84.1 Å². The number of halogens is 1. The molecule has 1 nitrogen and oxygen atoms in total. The first kappa shape index (κ1) is 12.9. The third-order valence-electron chi connectivity index (χ3n) is 3.89. The maximum absolute atomic E-state index is 5.93. The summed E-state index contributed by atoms with van der Waals surface area (Å²) in [5, 5.41) is 2.37. The van der Waals surface area contributed by atoms with Gasteiger partial charge in [-0.05, 0) is 76.5 Å². The maximum atomic E-state index is 5.93. The summed E-state index contributed by atoms with van der Waals surface area (Å²) < 4.78 is 7.15. The molecule has 0 aliphatic heterocycles. The Morgan fingerprint density at radius 2 is 1.52 bits per heavy atom. The Balaban J connectivity index is 2.03. The summed E-state index contributed by atoms with van der Waals surface area (Å²) in [4.78, 5) is 0. The van der Waals surface area contributed by atoms with Crippen molar-refractivity contribution in [2.45, 2.75) is 6.92 Å². The summed E-state index contributed by atoms with van der Waals surface area (Å²) in [6.45, 7) is 2.15. The topological polar surface area (TPSA) is 13.1 Å². The molecule has 1 aromatic heterocycles. The smallest absolute Gasteiger partial charge is 0.135 e. The molecule has 21 heavy (non-hydrogen) atoms. The third-order valence-corrected chi connectivity index (χ3v) is 4.56. The Kier molecular flexibility index (Phi) is 3.00. The van der Waals surface area contributed by atoms with Crippen LogP contribution in [0.25, 0.3) is 33.1 Å². The standard InChI is InChI=1S/C19H13IO/c1-12-4-2-3-5-15(12)13-6-8-18-16(10-13)17-11-14(20)7-9-19(17)21-18/h2-11H,1H3. The van der Waals surface area contributed by atoms with E-state index in [0.29, 0.717) is 0 Å². The highest BCUT2D eigenvalue weighted by molar-refractivity contribution is 14.1. The molecule has 0 bridgehead atoms. The lowest BCUT2D eigenvalue weighted by Gasteiger charge is -2.05. The van der Waals surface area contributed by atoms with Crippen LogP contribution in [-0.2, 0) is 0 Å². The van der Waals surface area contributed by atoms with Crippen molar-refractivity contribution in [3.63, 3.8) is 0 Å². The molecule has 0 atom stereocenters. The molecule has 0 N–H and O–H groups in total. The second-order valence-corrected chi connectivity index (χ2v) is 6.51. The average Bonchev–Trinajstić information content (AvgIpc) is 2.85. The van der Waals surface area contributed by atoms with Crippen molar-refractivity contribution in [3.8, 4) is 11.1 Å². The predicted octanol–water partition coefficient (Wildman–Crippen LogP) is 6.17. The van der Waals surface area contributed by atoms with Crippen LogP contribution in [0.3, 0.4) is 0 Å². The molecule has 3 aromatic carbocycles. The Bertz CT molecular complexity index is 966. The van der Waals surface area contributed by atoms with E-state index in [1.54, 1.807) is 0 Å². The van der Waals surface area contributed by atoms with Crippen LogP contribution in [0.15, 0.2) is 65.1 Å². The van der Waals surface area contributed by atoms with E-state index >= 15 is 0 Å². The highest BCUT2D eigenvalue weighted by atomic mass is 127. The van der Waals surface area contributed by atoms with Gasteiger partial charge in [-0.3, -0.25) is 0 Å². The van der Waals surface area contributed by atoms with E-state index in [4.69, 9.17) is 4.42 Å². The van der Waals surface area contributed by atoms with Crippen molar-refractivity contribution >= 4 is 44.5 Å². The van der Waals surface area contributed by atoms with Crippen LogP contribution in [0.2, 0.25) is 0 Å². The molecule has 0 unspecified atom stereocenters. The summed E-state index contributed by atoms with van der Waals surface area (Å²) in [6, 6.07) is 21.2. The normalized spacial score (nSPS) is 11.3. The van der Waals surface area contributed by atoms with Gasteiger partial charge in [0.2, 0.25) is 0 Å². The zero-order valence-electron chi connectivity index (χ0n) is 11.6. The molecule has 4 aromatic rings. The van der Waals surface area contributed by atoms with E-state index in [-0.39, 0.29) is 0 Å². The second kappa shape index (κ2) is 4.88. The van der Waals surface area contributed by atoms with Gasteiger partial charge in [-0.25, -0.2) is 0 Å². The monoisotopic (exact) mass is 384 g/mol. The molecule has 0 radical (unpaired) electrons. The summed E-state index contributed by atoms with van der Waals surface area (Å²) in [5.74, 6) is 0. The average molecular weight is 384 g/mol. The predicted molar refractivity (Wildman–Crippen MR) is 96.6 cm³/mol. The molecular weight excluding hydrogens is 371 g/mol. The molecule has 2 heteroatoms. The second-order valence-electron chi connectivity index (χ2n) is 5.27. The molecule has 0 aliphatic rings. The number of rotatable bonds is 1. The third kappa shape index (κ3) is 2.14.